The van der Waals surface area contributed by atoms with Gasteiger partial charge in [-0.05, 0) is 42.0 Å². The molecular formula is C26H23FN6OS. The average molecular weight is 487 g/mol. The van der Waals surface area contributed by atoms with Crippen LogP contribution >= 0.6 is 11.8 Å². The second-order valence-electron chi connectivity index (χ2n) is 7.91. The summed E-state index contributed by atoms with van der Waals surface area (Å²) in [5.74, 6) is 0.841. The minimum atomic E-state index is -0.296. The summed E-state index contributed by atoms with van der Waals surface area (Å²) < 4.78 is 21.0. The highest BCUT2D eigenvalue weighted by Gasteiger charge is 2.30. The third kappa shape index (κ3) is 4.46. The van der Waals surface area contributed by atoms with E-state index in [0.29, 0.717) is 50.2 Å². The Hall–Kier alpha value is -3.87. The number of aromatic nitrogens is 3. The molecule has 3 aromatic rings. The smallest absolute Gasteiger partial charge is 0.232 e. The number of halogens is 1. The van der Waals surface area contributed by atoms with Gasteiger partial charge >= 0.3 is 0 Å². The van der Waals surface area contributed by atoms with Crippen molar-refractivity contribution < 1.29 is 9.13 Å². The SMILES string of the molecule is C=CCN1C(c2ccc(F)cc2)=CS/C1=C(/C#N)c1nnc(N2CCOCC2)n1-c1ccccc1. The summed E-state index contributed by atoms with van der Waals surface area (Å²) in [6, 6.07) is 18.5. The van der Waals surface area contributed by atoms with Crippen molar-refractivity contribution in [1.82, 2.24) is 19.7 Å². The lowest BCUT2D eigenvalue weighted by atomic mass is 10.1. The normalized spacial score (nSPS) is 17.2. The summed E-state index contributed by atoms with van der Waals surface area (Å²) in [5.41, 5.74) is 3.00. The van der Waals surface area contributed by atoms with E-state index >= 15 is 0 Å². The molecule has 9 heteroatoms. The summed E-state index contributed by atoms with van der Waals surface area (Å²) >= 11 is 1.44. The molecule has 5 rings (SSSR count). The number of nitrogens with zero attached hydrogens (tertiary/aromatic N) is 6. The molecule has 0 spiro atoms. The Morgan fingerprint density at radius 3 is 2.54 bits per heavy atom. The molecule has 1 saturated heterocycles. The summed E-state index contributed by atoms with van der Waals surface area (Å²) in [5, 5.41) is 22.0. The van der Waals surface area contributed by atoms with E-state index in [2.05, 4.69) is 27.7 Å². The van der Waals surface area contributed by atoms with Gasteiger partial charge in [-0.1, -0.05) is 36.0 Å². The number of morpholine rings is 1. The molecule has 0 unspecified atom stereocenters. The van der Waals surface area contributed by atoms with Gasteiger partial charge in [0.2, 0.25) is 5.95 Å². The van der Waals surface area contributed by atoms with Crippen LogP contribution in [0.2, 0.25) is 0 Å². The first kappa shape index (κ1) is 22.9. The number of hydrogen-bond donors (Lipinski definition) is 0. The molecule has 0 amide bonds. The van der Waals surface area contributed by atoms with Crippen molar-refractivity contribution in [2.45, 2.75) is 0 Å². The van der Waals surface area contributed by atoms with Gasteiger partial charge in [-0.2, -0.15) is 5.26 Å². The summed E-state index contributed by atoms with van der Waals surface area (Å²) in [6.07, 6.45) is 1.78. The van der Waals surface area contributed by atoms with Crippen LogP contribution in [0.5, 0.6) is 0 Å². The fourth-order valence-electron chi connectivity index (χ4n) is 4.11. The molecule has 0 saturated carbocycles. The standard InChI is InChI=1S/C26H23FN6OS/c1-2-12-32-23(19-8-10-20(27)11-9-19)18-35-25(32)22(17-28)24-29-30-26(31-13-15-34-16-14-31)33(24)21-6-4-3-5-7-21/h2-11,18H,1,12-16H2/b25-22-. The number of para-hydroxylation sites is 1. The molecule has 0 aliphatic carbocycles. The number of benzene rings is 2. The van der Waals surface area contributed by atoms with Crippen LogP contribution in [0.15, 0.2) is 77.7 Å². The van der Waals surface area contributed by atoms with E-state index in [-0.39, 0.29) is 5.82 Å². The Morgan fingerprint density at radius 2 is 1.86 bits per heavy atom. The van der Waals surface area contributed by atoms with Gasteiger partial charge in [0, 0.05) is 25.0 Å². The first-order chi connectivity index (χ1) is 17.2. The zero-order valence-corrected chi connectivity index (χ0v) is 19.8. The molecule has 176 valence electrons. The Balaban J connectivity index is 1.63. The van der Waals surface area contributed by atoms with Crippen LogP contribution < -0.4 is 4.90 Å². The molecule has 1 fully saturated rings. The minimum Gasteiger partial charge on any atom is -0.378 e. The van der Waals surface area contributed by atoms with E-state index in [0.717, 1.165) is 22.0 Å². The first-order valence-corrected chi connectivity index (χ1v) is 12.1. The number of anilines is 1. The number of ether oxygens (including phenoxy) is 1. The lowest BCUT2D eigenvalue weighted by Gasteiger charge is -2.28. The monoisotopic (exact) mass is 486 g/mol. The molecule has 3 heterocycles. The number of nitriles is 1. The molecule has 2 aromatic carbocycles. The summed E-state index contributed by atoms with van der Waals surface area (Å²) in [4.78, 5) is 4.13. The lowest BCUT2D eigenvalue weighted by Crippen LogP contribution is -2.38. The summed E-state index contributed by atoms with van der Waals surface area (Å²) in [6.45, 7) is 6.97. The lowest BCUT2D eigenvalue weighted by molar-refractivity contribution is 0.122. The Morgan fingerprint density at radius 1 is 1.11 bits per heavy atom. The van der Waals surface area contributed by atoms with Crippen LogP contribution in [0, 0.1) is 17.1 Å². The van der Waals surface area contributed by atoms with E-state index in [1.165, 1.54) is 23.9 Å². The van der Waals surface area contributed by atoms with Crippen molar-refractivity contribution in [3.8, 4) is 11.8 Å². The summed E-state index contributed by atoms with van der Waals surface area (Å²) in [7, 11) is 0. The maximum Gasteiger partial charge on any atom is 0.232 e. The topological polar surface area (TPSA) is 70.2 Å². The van der Waals surface area contributed by atoms with E-state index in [1.807, 2.05) is 45.2 Å². The van der Waals surface area contributed by atoms with Crippen LogP contribution in [0.3, 0.4) is 0 Å². The fourth-order valence-corrected chi connectivity index (χ4v) is 5.15. The van der Waals surface area contributed by atoms with Crippen molar-refractivity contribution in [1.29, 1.82) is 5.26 Å². The van der Waals surface area contributed by atoms with Gasteiger partial charge in [-0.25, -0.2) is 4.39 Å². The van der Waals surface area contributed by atoms with Crippen LogP contribution in [-0.4, -0.2) is 52.5 Å². The molecule has 1 aromatic heterocycles. The average Bonchev–Trinajstić information content (AvgIpc) is 3.52. The fraction of sp³-hybridized carbons (Fsp3) is 0.192. The Kier molecular flexibility index (Phi) is 6.66. The van der Waals surface area contributed by atoms with Gasteiger partial charge < -0.3 is 14.5 Å². The minimum absolute atomic E-state index is 0.296. The largest absolute Gasteiger partial charge is 0.378 e. The van der Waals surface area contributed by atoms with Crippen LogP contribution in [0.4, 0.5) is 10.3 Å². The Bertz CT molecular complexity index is 1320. The molecule has 0 radical (unpaired) electrons. The van der Waals surface area contributed by atoms with Crippen LogP contribution in [0.25, 0.3) is 17.0 Å². The van der Waals surface area contributed by atoms with E-state index in [1.54, 1.807) is 18.2 Å². The first-order valence-electron chi connectivity index (χ1n) is 11.2. The molecule has 2 aliphatic rings. The van der Waals surface area contributed by atoms with E-state index < -0.39 is 0 Å². The molecule has 0 N–H and O–H groups in total. The van der Waals surface area contributed by atoms with Gasteiger partial charge in [0.25, 0.3) is 0 Å². The third-order valence-corrected chi connectivity index (χ3v) is 6.76. The van der Waals surface area contributed by atoms with Crippen molar-refractivity contribution in [2.75, 3.05) is 37.7 Å². The zero-order chi connectivity index (χ0) is 24.2. The van der Waals surface area contributed by atoms with E-state index in [4.69, 9.17) is 4.74 Å². The van der Waals surface area contributed by atoms with Gasteiger partial charge in [0.1, 0.15) is 22.5 Å². The molecule has 7 nitrogen and oxygen atoms in total. The van der Waals surface area contributed by atoms with Gasteiger partial charge in [0.15, 0.2) is 5.82 Å². The van der Waals surface area contributed by atoms with Crippen molar-refractivity contribution >= 4 is 29.0 Å². The predicted octanol–water partition coefficient (Wildman–Crippen LogP) is 4.67. The van der Waals surface area contributed by atoms with Crippen molar-refractivity contribution in [3.05, 3.63) is 94.9 Å². The predicted molar refractivity (Wildman–Crippen MR) is 136 cm³/mol. The number of thioether (sulfide) groups is 1. The number of allylic oxidation sites excluding steroid dienone is 1. The molecule has 35 heavy (non-hydrogen) atoms. The van der Waals surface area contributed by atoms with E-state index in [9.17, 15) is 9.65 Å². The van der Waals surface area contributed by atoms with Crippen molar-refractivity contribution in [3.63, 3.8) is 0 Å². The highest BCUT2D eigenvalue weighted by Crippen LogP contribution is 2.43. The van der Waals surface area contributed by atoms with Gasteiger partial charge in [-0.3, -0.25) is 4.57 Å². The number of hydrogen-bond acceptors (Lipinski definition) is 7. The highest BCUT2D eigenvalue weighted by atomic mass is 32.2. The van der Waals surface area contributed by atoms with Gasteiger partial charge in [-0.15, -0.1) is 16.8 Å². The zero-order valence-electron chi connectivity index (χ0n) is 19.0. The van der Waals surface area contributed by atoms with Gasteiger partial charge in [0.05, 0.1) is 24.6 Å². The maximum atomic E-state index is 13.5. The molecule has 0 bridgehead atoms. The number of rotatable bonds is 6. The quantitative estimate of drug-likeness (QED) is 0.370. The second kappa shape index (κ2) is 10.2. The van der Waals surface area contributed by atoms with Crippen LogP contribution in [0.1, 0.15) is 11.4 Å². The van der Waals surface area contributed by atoms with Crippen LogP contribution in [-0.2, 0) is 4.74 Å². The Labute approximate surface area is 207 Å². The van der Waals surface area contributed by atoms with Crippen molar-refractivity contribution in [2.24, 2.45) is 0 Å². The second-order valence-corrected chi connectivity index (χ2v) is 8.77. The molecule has 0 atom stereocenters. The maximum absolute atomic E-state index is 13.5. The third-order valence-electron chi connectivity index (χ3n) is 5.77. The highest BCUT2D eigenvalue weighted by molar-refractivity contribution is 8.06. The molecule has 2 aliphatic heterocycles. The molecular weight excluding hydrogens is 463 g/mol.